The normalized spacial score (nSPS) is 24.1. The van der Waals surface area contributed by atoms with Crippen LogP contribution >= 0.6 is 0 Å². The summed E-state index contributed by atoms with van der Waals surface area (Å²) in [6, 6.07) is 0. The molecule has 1 aliphatic carbocycles. The Morgan fingerprint density at radius 2 is 1.72 bits per heavy atom. The monoisotopic (exact) mass is 249 g/mol. The number of Topliss-reactive ketones (excluding diaryl/α,β-unsaturated/α-hetero) is 1. The van der Waals surface area contributed by atoms with Gasteiger partial charge < -0.3 is 0 Å². The largest absolute Gasteiger partial charge is 0.297 e. The van der Waals surface area contributed by atoms with Crippen molar-refractivity contribution in [1.82, 2.24) is 4.90 Å². The predicted octanol–water partition coefficient (Wildman–Crippen LogP) is 3.71. The fraction of sp³-hybridized carbons (Fsp3) is 0.812. The second kappa shape index (κ2) is 6.01. The van der Waals surface area contributed by atoms with Crippen LogP contribution in [0.5, 0.6) is 0 Å². The molecule has 1 saturated heterocycles. The first-order chi connectivity index (χ1) is 8.69. The number of piperidine rings is 1. The Labute approximate surface area is 111 Å². The van der Waals surface area contributed by atoms with Crippen molar-refractivity contribution in [3.8, 4) is 0 Å². The van der Waals surface area contributed by atoms with Crippen molar-refractivity contribution in [1.29, 1.82) is 0 Å². The van der Waals surface area contributed by atoms with Crippen molar-refractivity contribution in [2.24, 2.45) is 0 Å². The molecule has 0 amide bonds. The van der Waals surface area contributed by atoms with E-state index in [2.05, 4.69) is 18.4 Å². The predicted molar refractivity (Wildman–Crippen MR) is 75.7 cm³/mol. The first-order valence-corrected chi connectivity index (χ1v) is 7.64. The Hall–Kier alpha value is -0.630. The first kappa shape index (κ1) is 13.8. The lowest BCUT2D eigenvalue weighted by molar-refractivity contribution is -0.131. The zero-order chi connectivity index (χ0) is 13.0. The molecule has 0 radical (unpaired) electrons. The van der Waals surface area contributed by atoms with Crippen molar-refractivity contribution in [3.63, 3.8) is 0 Å². The summed E-state index contributed by atoms with van der Waals surface area (Å²) < 4.78 is 0. The summed E-state index contributed by atoms with van der Waals surface area (Å²) in [7, 11) is 0. The van der Waals surface area contributed by atoms with Gasteiger partial charge in [0.2, 0.25) is 0 Å². The second-order valence-electron chi connectivity index (χ2n) is 5.99. The van der Waals surface area contributed by atoms with Gasteiger partial charge in [-0.25, -0.2) is 0 Å². The molecule has 2 rings (SSSR count). The van der Waals surface area contributed by atoms with Crippen LogP contribution in [0.1, 0.15) is 64.7 Å². The minimum absolute atomic E-state index is 0.113. The molecule has 0 unspecified atom stereocenters. The fourth-order valence-electron chi connectivity index (χ4n) is 3.57. The van der Waals surface area contributed by atoms with Gasteiger partial charge in [0.05, 0.1) is 5.54 Å². The molecule has 0 N–H and O–H groups in total. The molecule has 0 aromatic carbocycles. The Balaban J connectivity index is 2.10. The molecule has 2 aliphatic rings. The molecule has 0 atom stereocenters. The van der Waals surface area contributed by atoms with E-state index in [4.69, 9.17) is 0 Å². The van der Waals surface area contributed by atoms with Crippen LogP contribution in [0.2, 0.25) is 0 Å². The molecular weight excluding hydrogens is 222 g/mol. The zero-order valence-corrected chi connectivity index (χ0v) is 11.8. The number of carbonyl (C=O) groups excluding carboxylic acids is 1. The number of allylic oxidation sites excluding steroid dienone is 1. The maximum atomic E-state index is 12.7. The minimum atomic E-state index is -0.113. The number of nitrogens with zero attached hydrogens (tertiary/aromatic N) is 1. The van der Waals surface area contributed by atoms with E-state index >= 15 is 0 Å². The van der Waals surface area contributed by atoms with Crippen molar-refractivity contribution in [3.05, 3.63) is 12.2 Å². The Morgan fingerprint density at radius 1 is 1.11 bits per heavy atom. The van der Waals surface area contributed by atoms with Crippen molar-refractivity contribution < 1.29 is 4.79 Å². The fourth-order valence-corrected chi connectivity index (χ4v) is 3.57. The van der Waals surface area contributed by atoms with E-state index in [1.165, 1.54) is 32.1 Å². The molecule has 102 valence electrons. The topological polar surface area (TPSA) is 20.3 Å². The Kier molecular flexibility index (Phi) is 4.60. The summed E-state index contributed by atoms with van der Waals surface area (Å²) in [5.41, 5.74) is 0.988. The van der Waals surface area contributed by atoms with E-state index in [0.29, 0.717) is 12.2 Å². The van der Waals surface area contributed by atoms with E-state index in [1.54, 1.807) is 0 Å². The van der Waals surface area contributed by atoms with Gasteiger partial charge in [-0.3, -0.25) is 9.69 Å². The third kappa shape index (κ3) is 2.69. The van der Waals surface area contributed by atoms with Crippen LogP contribution < -0.4 is 0 Å². The highest BCUT2D eigenvalue weighted by molar-refractivity contribution is 5.90. The standard InChI is InChI=1S/C16H27NO/c1-3-14(2)13-15(18)16(9-5-6-10-16)17-11-7-4-8-12-17/h2-13H2,1H3. The maximum absolute atomic E-state index is 12.7. The minimum Gasteiger partial charge on any atom is -0.297 e. The average Bonchev–Trinajstić information content (AvgIpc) is 2.90. The van der Waals surface area contributed by atoms with Crippen LogP contribution in [0.15, 0.2) is 12.2 Å². The highest BCUT2D eigenvalue weighted by Crippen LogP contribution is 2.39. The van der Waals surface area contributed by atoms with Crippen LogP contribution in [0.25, 0.3) is 0 Å². The van der Waals surface area contributed by atoms with Gasteiger partial charge in [0, 0.05) is 6.42 Å². The van der Waals surface area contributed by atoms with E-state index in [0.717, 1.165) is 37.9 Å². The molecule has 1 saturated carbocycles. The molecular formula is C16H27NO. The van der Waals surface area contributed by atoms with Gasteiger partial charge >= 0.3 is 0 Å². The summed E-state index contributed by atoms with van der Waals surface area (Å²) in [4.78, 5) is 15.2. The van der Waals surface area contributed by atoms with Gasteiger partial charge in [0.1, 0.15) is 0 Å². The van der Waals surface area contributed by atoms with Crippen LogP contribution in [0.4, 0.5) is 0 Å². The number of rotatable bonds is 5. The summed E-state index contributed by atoms with van der Waals surface area (Å²) >= 11 is 0. The van der Waals surface area contributed by atoms with Crippen molar-refractivity contribution in [2.75, 3.05) is 13.1 Å². The first-order valence-electron chi connectivity index (χ1n) is 7.64. The van der Waals surface area contributed by atoms with Gasteiger partial charge in [-0.15, -0.1) is 0 Å². The highest BCUT2D eigenvalue weighted by Gasteiger charge is 2.45. The Bertz CT molecular complexity index is 309. The van der Waals surface area contributed by atoms with E-state index in [1.807, 2.05) is 0 Å². The lowest BCUT2D eigenvalue weighted by Crippen LogP contribution is -2.54. The quantitative estimate of drug-likeness (QED) is 0.692. The van der Waals surface area contributed by atoms with E-state index < -0.39 is 0 Å². The third-order valence-corrected chi connectivity index (χ3v) is 4.82. The van der Waals surface area contributed by atoms with Crippen LogP contribution in [0.3, 0.4) is 0 Å². The summed E-state index contributed by atoms with van der Waals surface area (Å²) in [6.45, 7) is 8.38. The molecule has 0 aromatic rings. The van der Waals surface area contributed by atoms with Gasteiger partial charge in [0.25, 0.3) is 0 Å². The van der Waals surface area contributed by atoms with Gasteiger partial charge in [-0.2, -0.15) is 0 Å². The molecule has 0 spiro atoms. The number of carbonyl (C=O) groups is 1. The summed E-state index contributed by atoms with van der Waals surface area (Å²) in [5, 5.41) is 0. The molecule has 0 aromatic heterocycles. The van der Waals surface area contributed by atoms with Crippen LogP contribution in [-0.4, -0.2) is 29.3 Å². The molecule has 0 bridgehead atoms. The third-order valence-electron chi connectivity index (χ3n) is 4.82. The van der Waals surface area contributed by atoms with Gasteiger partial charge in [-0.1, -0.05) is 38.3 Å². The number of likely N-dealkylation sites (tertiary alicyclic amines) is 1. The molecule has 2 heteroatoms. The maximum Gasteiger partial charge on any atom is 0.157 e. The van der Waals surface area contributed by atoms with Crippen molar-refractivity contribution >= 4 is 5.78 Å². The molecule has 18 heavy (non-hydrogen) atoms. The highest BCUT2D eigenvalue weighted by atomic mass is 16.1. The van der Waals surface area contributed by atoms with E-state index in [-0.39, 0.29) is 5.54 Å². The smallest absolute Gasteiger partial charge is 0.157 e. The van der Waals surface area contributed by atoms with Crippen LogP contribution in [0, 0.1) is 0 Å². The number of ketones is 1. The van der Waals surface area contributed by atoms with Gasteiger partial charge in [-0.05, 0) is 45.2 Å². The van der Waals surface area contributed by atoms with Gasteiger partial charge in [0.15, 0.2) is 5.78 Å². The molecule has 2 nitrogen and oxygen atoms in total. The van der Waals surface area contributed by atoms with Crippen molar-refractivity contribution in [2.45, 2.75) is 70.3 Å². The van der Waals surface area contributed by atoms with Crippen LogP contribution in [-0.2, 0) is 4.79 Å². The molecule has 2 fully saturated rings. The van der Waals surface area contributed by atoms with E-state index in [9.17, 15) is 4.79 Å². The second-order valence-corrected chi connectivity index (χ2v) is 5.99. The average molecular weight is 249 g/mol. The summed E-state index contributed by atoms with van der Waals surface area (Å²) in [5.74, 6) is 0.453. The zero-order valence-electron chi connectivity index (χ0n) is 11.8. The Morgan fingerprint density at radius 3 is 2.28 bits per heavy atom. The summed E-state index contributed by atoms with van der Waals surface area (Å²) in [6.07, 6.45) is 10.0. The number of hydrogen-bond acceptors (Lipinski definition) is 2. The number of hydrogen-bond donors (Lipinski definition) is 0. The lowest BCUT2D eigenvalue weighted by Gasteiger charge is -2.42. The molecule has 1 aliphatic heterocycles. The SMILES string of the molecule is C=C(CC)CC(=O)C1(N2CCCCC2)CCCC1. The lowest BCUT2D eigenvalue weighted by atomic mass is 9.84. The molecule has 1 heterocycles.